The van der Waals surface area contributed by atoms with Crippen LogP contribution in [0.4, 0.5) is 4.39 Å². The first-order valence-corrected chi connectivity index (χ1v) is 13.0. The molecular weight excluding hydrogens is 451 g/mol. The molecule has 4 atom stereocenters. The largest absolute Gasteiger partial charge is 0.459 e. The number of ether oxygens (including phenoxy) is 1. The molecule has 0 spiro atoms. The van der Waals surface area contributed by atoms with Crippen molar-refractivity contribution in [3.05, 3.63) is 107 Å². The summed E-state index contributed by atoms with van der Waals surface area (Å²) in [6, 6.07) is 26.2. The van der Waals surface area contributed by atoms with Crippen molar-refractivity contribution in [3.8, 4) is 0 Å². The summed E-state index contributed by atoms with van der Waals surface area (Å²) in [7, 11) is 0. The maximum absolute atomic E-state index is 13.9. The van der Waals surface area contributed by atoms with Gasteiger partial charge >= 0.3 is 5.97 Å². The van der Waals surface area contributed by atoms with Gasteiger partial charge in [0.05, 0.1) is 6.67 Å². The van der Waals surface area contributed by atoms with Crippen LogP contribution in [-0.2, 0) is 27.0 Å². The van der Waals surface area contributed by atoms with Crippen LogP contribution < -0.4 is 0 Å². The summed E-state index contributed by atoms with van der Waals surface area (Å²) in [5.41, 5.74) is 0.742. The maximum atomic E-state index is 13.9. The zero-order valence-corrected chi connectivity index (χ0v) is 21.5. The number of rotatable bonds is 8. The lowest BCUT2D eigenvalue weighted by Gasteiger charge is -2.44. The second-order valence-corrected chi connectivity index (χ2v) is 10.8. The van der Waals surface area contributed by atoms with E-state index in [-0.39, 0.29) is 17.4 Å². The van der Waals surface area contributed by atoms with Crippen molar-refractivity contribution in [2.75, 3.05) is 6.67 Å². The number of benzene rings is 3. The zero-order chi connectivity index (χ0) is 25.8. The minimum Gasteiger partial charge on any atom is -0.459 e. The number of alkyl halides is 1. The first-order chi connectivity index (χ1) is 17.3. The van der Waals surface area contributed by atoms with Crippen LogP contribution in [0.5, 0.6) is 0 Å². The molecule has 3 aromatic rings. The van der Waals surface area contributed by atoms with E-state index >= 15 is 0 Å². The molecule has 1 aliphatic rings. The van der Waals surface area contributed by atoms with Crippen molar-refractivity contribution in [2.45, 2.75) is 63.6 Å². The Bertz CT molecular complexity index is 1130. The second kappa shape index (κ2) is 11.0. The molecule has 0 aliphatic heterocycles. The molecule has 1 saturated carbocycles. The first kappa shape index (κ1) is 26.1. The van der Waals surface area contributed by atoms with E-state index in [1.807, 2.05) is 24.3 Å². The summed E-state index contributed by atoms with van der Waals surface area (Å²) >= 11 is 0. The zero-order valence-electron chi connectivity index (χ0n) is 21.5. The molecule has 0 saturated heterocycles. The van der Waals surface area contributed by atoms with Crippen LogP contribution in [0.25, 0.3) is 0 Å². The molecule has 1 aliphatic carbocycles. The summed E-state index contributed by atoms with van der Waals surface area (Å²) < 4.78 is 19.1. The van der Waals surface area contributed by atoms with Crippen molar-refractivity contribution < 1.29 is 19.0 Å². The molecule has 4 heteroatoms. The van der Waals surface area contributed by atoms with Gasteiger partial charge in [-0.05, 0) is 46.4 Å². The highest BCUT2D eigenvalue weighted by molar-refractivity contribution is 5.85. The lowest BCUT2D eigenvalue weighted by molar-refractivity contribution is -0.175. The van der Waals surface area contributed by atoms with Crippen molar-refractivity contribution >= 4 is 5.97 Å². The van der Waals surface area contributed by atoms with E-state index in [0.717, 1.165) is 24.8 Å². The van der Waals surface area contributed by atoms with Crippen LogP contribution in [0, 0.1) is 11.8 Å². The van der Waals surface area contributed by atoms with Crippen molar-refractivity contribution in [2.24, 2.45) is 11.8 Å². The molecule has 4 rings (SSSR count). The van der Waals surface area contributed by atoms with Gasteiger partial charge in [-0.2, -0.15) is 0 Å². The smallest absolute Gasteiger partial charge is 0.347 e. The molecule has 190 valence electrons. The molecule has 0 aromatic heterocycles. The molecule has 1 fully saturated rings. The monoisotopic (exact) mass is 488 g/mol. The summed E-state index contributed by atoms with van der Waals surface area (Å²) in [4.78, 5) is 13.9. The fourth-order valence-corrected chi connectivity index (χ4v) is 5.69. The van der Waals surface area contributed by atoms with Crippen LogP contribution in [0.15, 0.2) is 84.9 Å². The predicted octanol–water partition coefficient (Wildman–Crippen LogP) is 6.76. The Morgan fingerprint density at radius 1 is 0.889 bits per heavy atom. The molecule has 1 N–H and O–H groups in total. The average Bonchev–Trinajstić information content (AvgIpc) is 2.90. The average molecular weight is 489 g/mol. The van der Waals surface area contributed by atoms with Gasteiger partial charge in [0.2, 0.25) is 5.60 Å². The van der Waals surface area contributed by atoms with Crippen LogP contribution in [0.1, 0.15) is 62.3 Å². The third kappa shape index (κ3) is 5.24. The molecular formula is C32H37FO3. The van der Waals surface area contributed by atoms with E-state index in [0.29, 0.717) is 23.5 Å². The standard InChI is InChI=1S/C32H37FO3/c1-23-14-19-28(31(2,3)25-10-6-4-7-11-25)29(22-23)36-30(34)32(35,26-12-8-5-9-13-26)27-17-15-24(16-18-27)20-21-33/h4-13,15-18,23,28-29,35H,14,19-22H2,1-3H3. The van der Waals surface area contributed by atoms with E-state index in [1.54, 1.807) is 48.5 Å². The number of aryl methyl sites for hydroxylation is 1. The number of carbonyl (C=O) groups excluding carboxylic acids is 1. The molecule has 36 heavy (non-hydrogen) atoms. The molecule has 0 amide bonds. The van der Waals surface area contributed by atoms with Gasteiger partial charge in [0.25, 0.3) is 0 Å². The Morgan fingerprint density at radius 2 is 1.44 bits per heavy atom. The van der Waals surface area contributed by atoms with Crippen molar-refractivity contribution in [1.29, 1.82) is 0 Å². The summed E-state index contributed by atoms with van der Waals surface area (Å²) in [5, 5.41) is 12.0. The Morgan fingerprint density at radius 3 is 2.03 bits per heavy atom. The van der Waals surface area contributed by atoms with Crippen molar-refractivity contribution in [3.63, 3.8) is 0 Å². The lowest BCUT2D eigenvalue weighted by atomic mass is 9.64. The fraction of sp³-hybridized carbons (Fsp3) is 0.406. The highest BCUT2D eigenvalue weighted by atomic mass is 19.1. The topological polar surface area (TPSA) is 46.5 Å². The first-order valence-electron chi connectivity index (χ1n) is 13.0. The molecule has 4 unspecified atom stereocenters. The second-order valence-electron chi connectivity index (χ2n) is 10.8. The van der Waals surface area contributed by atoms with Gasteiger partial charge < -0.3 is 9.84 Å². The van der Waals surface area contributed by atoms with Crippen LogP contribution in [-0.4, -0.2) is 23.9 Å². The minimum absolute atomic E-state index is 0.118. The third-order valence-corrected chi connectivity index (χ3v) is 8.00. The fourth-order valence-electron chi connectivity index (χ4n) is 5.69. The summed E-state index contributed by atoms with van der Waals surface area (Å²) in [5.74, 6) is -0.123. The normalized spacial score (nSPS) is 22.0. The van der Waals surface area contributed by atoms with Gasteiger partial charge in [-0.3, -0.25) is 4.39 Å². The van der Waals surface area contributed by atoms with Gasteiger partial charge in [-0.25, -0.2) is 4.79 Å². The Labute approximate surface area is 214 Å². The lowest BCUT2D eigenvalue weighted by Crippen LogP contribution is -2.47. The highest BCUT2D eigenvalue weighted by Gasteiger charge is 2.47. The Balaban J connectivity index is 1.68. The van der Waals surface area contributed by atoms with Gasteiger partial charge in [0, 0.05) is 12.3 Å². The van der Waals surface area contributed by atoms with E-state index < -0.39 is 18.2 Å². The number of esters is 1. The highest BCUT2D eigenvalue weighted by Crippen LogP contribution is 2.44. The van der Waals surface area contributed by atoms with Crippen LogP contribution in [0.2, 0.25) is 0 Å². The van der Waals surface area contributed by atoms with Crippen LogP contribution >= 0.6 is 0 Å². The van der Waals surface area contributed by atoms with E-state index in [2.05, 4.69) is 32.9 Å². The molecule has 3 aromatic carbocycles. The quantitative estimate of drug-likeness (QED) is 0.356. The number of hydrogen-bond donors (Lipinski definition) is 1. The van der Waals surface area contributed by atoms with Crippen molar-refractivity contribution in [1.82, 2.24) is 0 Å². The maximum Gasteiger partial charge on any atom is 0.347 e. The predicted molar refractivity (Wildman–Crippen MR) is 141 cm³/mol. The van der Waals surface area contributed by atoms with Crippen LogP contribution in [0.3, 0.4) is 0 Å². The molecule has 3 nitrogen and oxygen atoms in total. The van der Waals surface area contributed by atoms with E-state index in [1.165, 1.54) is 5.56 Å². The summed E-state index contributed by atoms with van der Waals surface area (Å²) in [6.45, 7) is 6.18. The van der Waals surface area contributed by atoms with Gasteiger partial charge in [0.1, 0.15) is 6.10 Å². The molecule has 0 bridgehead atoms. The molecule has 0 heterocycles. The van der Waals surface area contributed by atoms with Gasteiger partial charge in [0.15, 0.2) is 0 Å². The number of aliphatic hydroxyl groups is 1. The number of carbonyl (C=O) groups is 1. The van der Waals surface area contributed by atoms with E-state index in [9.17, 15) is 14.3 Å². The number of hydrogen-bond acceptors (Lipinski definition) is 3. The minimum atomic E-state index is -1.96. The third-order valence-electron chi connectivity index (χ3n) is 8.00. The number of halogens is 1. The SMILES string of the molecule is CC1CCC(C(C)(C)c2ccccc2)C(OC(=O)C(O)(c2ccccc2)c2ccc(CCF)cc2)C1. The Hall–Kier alpha value is -2.98. The molecule has 0 radical (unpaired) electrons. The Kier molecular flexibility index (Phi) is 7.94. The van der Waals surface area contributed by atoms with Gasteiger partial charge in [-0.1, -0.05) is 112 Å². The van der Waals surface area contributed by atoms with Gasteiger partial charge in [-0.15, -0.1) is 0 Å². The van der Waals surface area contributed by atoms with E-state index in [4.69, 9.17) is 4.74 Å². The summed E-state index contributed by atoms with van der Waals surface area (Å²) in [6.07, 6.45) is 2.76.